The number of carbonyl (C=O) groups excluding carboxylic acids is 1. The normalized spacial score (nSPS) is 22.8. The van der Waals surface area contributed by atoms with Crippen molar-refractivity contribution in [3.63, 3.8) is 0 Å². The summed E-state index contributed by atoms with van der Waals surface area (Å²) in [5.74, 6) is 0.737. The highest BCUT2D eigenvalue weighted by atomic mass is 16.2. The molecule has 1 aromatic carbocycles. The first-order valence-electron chi connectivity index (χ1n) is 7.08. The number of amides is 1. The minimum atomic E-state index is 0.216. The summed E-state index contributed by atoms with van der Waals surface area (Å²) in [7, 11) is 0. The van der Waals surface area contributed by atoms with Crippen LogP contribution in [0.5, 0.6) is 0 Å². The molecule has 1 heterocycles. The molecular weight excluding hydrogens is 236 g/mol. The molecule has 2 atom stereocenters. The van der Waals surface area contributed by atoms with Crippen molar-refractivity contribution in [2.45, 2.75) is 39.7 Å². The lowest BCUT2D eigenvalue weighted by Gasteiger charge is -2.26. The SMILES string of the molecule is Cc1ccc(C)c(CC(=O)N2CCC(C)C2CN)c1. The number of nitrogens with two attached hydrogens (primary N) is 1. The zero-order valence-corrected chi connectivity index (χ0v) is 12.1. The van der Waals surface area contributed by atoms with E-state index in [0.29, 0.717) is 18.9 Å². The summed E-state index contributed by atoms with van der Waals surface area (Å²) < 4.78 is 0. The smallest absolute Gasteiger partial charge is 0.227 e. The van der Waals surface area contributed by atoms with E-state index in [9.17, 15) is 4.79 Å². The summed E-state index contributed by atoms with van der Waals surface area (Å²) in [4.78, 5) is 14.4. The van der Waals surface area contributed by atoms with Crippen molar-refractivity contribution in [1.29, 1.82) is 0 Å². The van der Waals surface area contributed by atoms with Crippen LogP contribution in [-0.2, 0) is 11.2 Å². The molecule has 3 heteroatoms. The fraction of sp³-hybridized carbons (Fsp3) is 0.562. The van der Waals surface area contributed by atoms with E-state index in [0.717, 1.165) is 18.5 Å². The number of carbonyl (C=O) groups is 1. The number of aryl methyl sites for hydroxylation is 2. The van der Waals surface area contributed by atoms with Gasteiger partial charge in [-0.2, -0.15) is 0 Å². The van der Waals surface area contributed by atoms with E-state index in [4.69, 9.17) is 5.73 Å². The maximum Gasteiger partial charge on any atom is 0.227 e. The second-order valence-corrected chi connectivity index (χ2v) is 5.76. The highest BCUT2D eigenvalue weighted by Crippen LogP contribution is 2.24. The Morgan fingerprint density at radius 2 is 2.16 bits per heavy atom. The summed E-state index contributed by atoms with van der Waals surface area (Å²) in [6.45, 7) is 7.73. The third-order valence-corrected chi connectivity index (χ3v) is 4.29. The monoisotopic (exact) mass is 260 g/mol. The van der Waals surface area contributed by atoms with Crippen molar-refractivity contribution >= 4 is 5.91 Å². The summed E-state index contributed by atoms with van der Waals surface area (Å²) in [6.07, 6.45) is 1.57. The number of rotatable bonds is 3. The lowest BCUT2D eigenvalue weighted by atomic mass is 10.0. The zero-order chi connectivity index (χ0) is 14.0. The number of hydrogen-bond acceptors (Lipinski definition) is 2. The fourth-order valence-corrected chi connectivity index (χ4v) is 2.93. The largest absolute Gasteiger partial charge is 0.338 e. The van der Waals surface area contributed by atoms with Crippen LogP contribution in [0, 0.1) is 19.8 Å². The molecule has 1 aliphatic heterocycles. The van der Waals surface area contributed by atoms with Gasteiger partial charge in [0.05, 0.1) is 6.42 Å². The van der Waals surface area contributed by atoms with Gasteiger partial charge in [-0.05, 0) is 37.3 Å². The average Bonchev–Trinajstić information content (AvgIpc) is 2.75. The van der Waals surface area contributed by atoms with E-state index < -0.39 is 0 Å². The molecule has 3 nitrogen and oxygen atoms in total. The van der Waals surface area contributed by atoms with E-state index >= 15 is 0 Å². The van der Waals surface area contributed by atoms with Crippen molar-refractivity contribution in [3.8, 4) is 0 Å². The molecule has 1 aromatic rings. The first kappa shape index (κ1) is 14.1. The zero-order valence-electron chi connectivity index (χ0n) is 12.1. The average molecular weight is 260 g/mol. The summed E-state index contributed by atoms with van der Waals surface area (Å²) in [6, 6.07) is 6.51. The van der Waals surface area contributed by atoms with Crippen LogP contribution < -0.4 is 5.73 Å². The van der Waals surface area contributed by atoms with Crippen LogP contribution in [0.25, 0.3) is 0 Å². The molecular formula is C16H24N2O. The molecule has 0 radical (unpaired) electrons. The second kappa shape index (κ2) is 5.74. The van der Waals surface area contributed by atoms with Gasteiger partial charge in [0.1, 0.15) is 0 Å². The lowest BCUT2D eigenvalue weighted by molar-refractivity contribution is -0.131. The molecule has 1 aliphatic rings. The molecule has 0 aliphatic carbocycles. The number of nitrogens with zero attached hydrogens (tertiary/aromatic N) is 1. The van der Waals surface area contributed by atoms with Gasteiger partial charge in [-0.1, -0.05) is 30.7 Å². The van der Waals surface area contributed by atoms with E-state index in [1.54, 1.807) is 0 Å². The molecule has 0 spiro atoms. The maximum atomic E-state index is 12.5. The topological polar surface area (TPSA) is 46.3 Å². The summed E-state index contributed by atoms with van der Waals surface area (Å²) >= 11 is 0. The predicted molar refractivity (Wildman–Crippen MR) is 78.0 cm³/mol. The molecule has 2 unspecified atom stereocenters. The summed E-state index contributed by atoms with van der Waals surface area (Å²) in [5, 5.41) is 0. The molecule has 1 amide bonds. The Balaban J connectivity index is 2.11. The van der Waals surface area contributed by atoms with Crippen molar-refractivity contribution in [2.75, 3.05) is 13.1 Å². The van der Waals surface area contributed by atoms with Gasteiger partial charge in [0.2, 0.25) is 5.91 Å². The molecule has 2 N–H and O–H groups in total. The van der Waals surface area contributed by atoms with E-state index in [1.807, 2.05) is 4.90 Å². The molecule has 1 fully saturated rings. The quantitative estimate of drug-likeness (QED) is 0.904. The fourth-order valence-electron chi connectivity index (χ4n) is 2.93. The van der Waals surface area contributed by atoms with Gasteiger partial charge in [-0.3, -0.25) is 4.79 Å². The predicted octanol–water partition coefficient (Wildman–Crippen LogP) is 2.04. The van der Waals surface area contributed by atoms with Crippen LogP contribution in [-0.4, -0.2) is 29.9 Å². The Morgan fingerprint density at radius 3 is 2.84 bits per heavy atom. The van der Waals surface area contributed by atoms with Crippen LogP contribution in [0.1, 0.15) is 30.0 Å². The van der Waals surface area contributed by atoms with Gasteiger partial charge in [0, 0.05) is 19.1 Å². The molecule has 19 heavy (non-hydrogen) atoms. The van der Waals surface area contributed by atoms with E-state index in [-0.39, 0.29) is 11.9 Å². The van der Waals surface area contributed by atoms with Crippen molar-refractivity contribution in [2.24, 2.45) is 11.7 Å². The number of hydrogen-bond donors (Lipinski definition) is 1. The maximum absolute atomic E-state index is 12.5. The third kappa shape index (κ3) is 2.98. The molecule has 0 saturated carbocycles. The second-order valence-electron chi connectivity index (χ2n) is 5.76. The standard InChI is InChI=1S/C16H24N2O/c1-11-4-5-12(2)14(8-11)9-16(19)18-7-6-13(3)15(18)10-17/h4-5,8,13,15H,6-7,9-10,17H2,1-3H3. The highest BCUT2D eigenvalue weighted by Gasteiger charge is 2.33. The Bertz CT molecular complexity index is 470. The lowest BCUT2D eigenvalue weighted by Crippen LogP contribution is -2.42. The van der Waals surface area contributed by atoms with Crippen molar-refractivity contribution < 1.29 is 4.79 Å². The molecule has 1 saturated heterocycles. The van der Waals surface area contributed by atoms with Crippen LogP contribution in [0.15, 0.2) is 18.2 Å². The summed E-state index contributed by atoms with van der Waals surface area (Å²) in [5.41, 5.74) is 9.34. The van der Waals surface area contributed by atoms with Crippen LogP contribution in [0.2, 0.25) is 0 Å². The molecule has 104 valence electrons. The van der Waals surface area contributed by atoms with Gasteiger partial charge in [0.15, 0.2) is 0 Å². The Morgan fingerprint density at radius 1 is 1.42 bits per heavy atom. The Labute approximate surface area is 115 Å². The van der Waals surface area contributed by atoms with Gasteiger partial charge < -0.3 is 10.6 Å². The Kier molecular flexibility index (Phi) is 4.25. The minimum absolute atomic E-state index is 0.216. The highest BCUT2D eigenvalue weighted by molar-refractivity contribution is 5.80. The molecule has 2 rings (SSSR count). The van der Waals surface area contributed by atoms with Crippen LogP contribution in [0.3, 0.4) is 0 Å². The molecule has 0 aromatic heterocycles. The van der Waals surface area contributed by atoms with Crippen LogP contribution in [0.4, 0.5) is 0 Å². The van der Waals surface area contributed by atoms with E-state index in [1.165, 1.54) is 11.1 Å². The Hall–Kier alpha value is -1.35. The molecule has 0 bridgehead atoms. The van der Waals surface area contributed by atoms with Gasteiger partial charge in [-0.25, -0.2) is 0 Å². The van der Waals surface area contributed by atoms with Crippen molar-refractivity contribution in [1.82, 2.24) is 4.90 Å². The third-order valence-electron chi connectivity index (χ3n) is 4.29. The van der Waals surface area contributed by atoms with Gasteiger partial charge in [-0.15, -0.1) is 0 Å². The first-order valence-corrected chi connectivity index (χ1v) is 7.08. The van der Waals surface area contributed by atoms with Crippen molar-refractivity contribution in [3.05, 3.63) is 34.9 Å². The first-order chi connectivity index (χ1) is 9.02. The van der Waals surface area contributed by atoms with Gasteiger partial charge in [0.25, 0.3) is 0 Å². The minimum Gasteiger partial charge on any atom is -0.338 e. The van der Waals surface area contributed by atoms with E-state index in [2.05, 4.69) is 39.0 Å². The number of benzene rings is 1. The van der Waals surface area contributed by atoms with Gasteiger partial charge >= 0.3 is 0 Å². The van der Waals surface area contributed by atoms with Crippen LogP contribution >= 0.6 is 0 Å². The number of likely N-dealkylation sites (tertiary alicyclic amines) is 1.